The Labute approximate surface area is 51.6 Å². The smallest absolute Gasteiger partial charge is 0.415 e. The molecule has 0 atom stereocenters. The van der Waals surface area contributed by atoms with Gasteiger partial charge in [-0.05, 0) is 0 Å². The van der Waals surface area contributed by atoms with E-state index in [1.807, 2.05) is 0 Å². The van der Waals surface area contributed by atoms with Gasteiger partial charge in [-0.1, -0.05) is 0 Å². The van der Waals surface area contributed by atoms with E-state index >= 15 is 0 Å². The zero-order valence-corrected chi connectivity index (χ0v) is 5.04. The second-order valence-electron chi connectivity index (χ2n) is 1.27. The third kappa shape index (κ3) is 1.27. The van der Waals surface area contributed by atoms with Crippen molar-refractivity contribution >= 4 is 10.4 Å². The van der Waals surface area contributed by atoms with E-state index in [1.165, 1.54) is 12.3 Å². The molecule has 0 saturated heterocycles. The van der Waals surface area contributed by atoms with Gasteiger partial charge >= 0.3 is 10.4 Å². The zero-order valence-electron chi connectivity index (χ0n) is 4.22. The summed E-state index contributed by atoms with van der Waals surface area (Å²) in [7, 11) is -4.49. The van der Waals surface area contributed by atoms with Crippen molar-refractivity contribution in [1.82, 2.24) is 5.16 Å². The predicted molar refractivity (Wildman–Crippen MR) is 26.2 cm³/mol. The molecule has 0 bridgehead atoms. The Morgan fingerprint density at radius 3 is 2.44 bits per heavy atom. The van der Waals surface area contributed by atoms with E-state index in [1.54, 1.807) is 0 Å². The van der Waals surface area contributed by atoms with E-state index < -0.39 is 10.4 Å². The zero-order chi connectivity index (χ0) is 6.91. The topological polar surface area (TPSA) is 72.8 Å². The highest BCUT2D eigenvalue weighted by Gasteiger charge is 2.03. The maximum Gasteiger partial charge on any atom is 0.415 e. The molecular weight excluding hydrogens is 146 g/mol. The molecule has 0 radical (unpaired) electrons. The highest BCUT2D eigenvalue weighted by molar-refractivity contribution is 7.81. The average molecular weight is 149 g/mol. The van der Waals surface area contributed by atoms with Crippen molar-refractivity contribution in [2.24, 2.45) is 0 Å². The summed E-state index contributed by atoms with van der Waals surface area (Å²) in [5.74, 6) is 0. The highest BCUT2D eigenvalue weighted by atomic mass is 32.3. The molecule has 0 amide bonds. The summed E-state index contributed by atoms with van der Waals surface area (Å²) in [6, 6.07) is 1.32. The summed E-state index contributed by atoms with van der Waals surface area (Å²) < 4.78 is 31.1. The van der Waals surface area contributed by atoms with Crippen molar-refractivity contribution in [2.75, 3.05) is 0 Å². The summed E-state index contributed by atoms with van der Waals surface area (Å²) in [4.78, 5) is 0. The molecule has 9 heavy (non-hydrogen) atoms. The van der Waals surface area contributed by atoms with Crippen LogP contribution in [0.4, 0.5) is 0 Å². The highest BCUT2D eigenvalue weighted by Crippen LogP contribution is 2.00. The Morgan fingerprint density at radius 1 is 1.56 bits per heavy atom. The molecule has 1 aromatic rings. The van der Waals surface area contributed by atoms with Gasteiger partial charge in [0.15, 0.2) is 0 Å². The van der Waals surface area contributed by atoms with Crippen molar-refractivity contribution in [3.8, 4) is 0 Å². The van der Waals surface area contributed by atoms with Crippen LogP contribution in [-0.4, -0.2) is 18.1 Å². The number of hydrogen-bond acceptors (Lipinski definition) is 4. The van der Waals surface area contributed by atoms with Gasteiger partial charge in [0, 0.05) is 0 Å². The van der Waals surface area contributed by atoms with E-state index in [0.717, 1.165) is 9.86 Å². The molecule has 0 aromatic carbocycles. The molecule has 0 unspecified atom stereocenters. The molecule has 6 heteroatoms. The SMILES string of the molecule is O=S(=O)([O-])[o+]1cccn1. The van der Waals surface area contributed by atoms with Gasteiger partial charge in [-0.2, -0.15) is 8.42 Å². The lowest BCUT2D eigenvalue weighted by Crippen LogP contribution is -1.98. The Bertz CT molecular complexity index is 273. The molecule has 5 nitrogen and oxygen atoms in total. The van der Waals surface area contributed by atoms with Crippen molar-refractivity contribution in [3.05, 3.63) is 18.5 Å². The van der Waals surface area contributed by atoms with Crippen LogP contribution in [0.1, 0.15) is 0 Å². The molecule has 0 aliphatic carbocycles. The maximum absolute atomic E-state index is 10.0. The first-order valence-corrected chi connectivity index (χ1v) is 3.34. The predicted octanol–water partition coefficient (Wildman–Crippen LogP) is -0.329. The molecule has 1 heterocycles. The lowest BCUT2D eigenvalue weighted by atomic mass is 10.8. The van der Waals surface area contributed by atoms with Gasteiger partial charge < -0.3 is 8.15 Å². The molecule has 0 aliphatic heterocycles. The minimum atomic E-state index is -4.49. The monoisotopic (exact) mass is 149 g/mol. The summed E-state index contributed by atoms with van der Waals surface area (Å²) >= 11 is 0. The Morgan fingerprint density at radius 2 is 2.22 bits per heavy atom. The fourth-order valence-electron chi connectivity index (χ4n) is 0.353. The second-order valence-corrected chi connectivity index (χ2v) is 2.43. The molecule has 0 aliphatic rings. The van der Waals surface area contributed by atoms with Crippen LogP contribution in [0.5, 0.6) is 0 Å². The molecule has 50 valence electrons. The minimum absolute atomic E-state index is 0.988. The third-order valence-corrected chi connectivity index (χ3v) is 1.27. The first-order chi connectivity index (χ1) is 4.11. The quantitative estimate of drug-likeness (QED) is 0.405. The van der Waals surface area contributed by atoms with Crippen LogP contribution in [-0.2, 0) is 10.4 Å². The standard InChI is InChI=1S/C3H3NO4S/c5-9(6,7)8-3-1-2-4-8/h1-3H. The number of hydrogen-bond donors (Lipinski definition) is 0. The van der Waals surface area contributed by atoms with Gasteiger partial charge in [0.25, 0.3) is 6.26 Å². The van der Waals surface area contributed by atoms with E-state index in [-0.39, 0.29) is 0 Å². The first-order valence-electron chi connectivity index (χ1n) is 2.01. The van der Waals surface area contributed by atoms with E-state index in [9.17, 15) is 13.0 Å². The van der Waals surface area contributed by atoms with E-state index in [4.69, 9.17) is 0 Å². The van der Waals surface area contributed by atoms with Crippen LogP contribution >= 0.6 is 0 Å². The normalized spacial score (nSPS) is 11.7. The summed E-state index contributed by atoms with van der Waals surface area (Å²) in [6.07, 6.45) is 2.17. The maximum atomic E-state index is 10.0. The Balaban J connectivity index is 3.20. The number of aromatic nitrogens is 1. The third-order valence-electron chi connectivity index (χ3n) is 0.655. The fourth-order valence-corrected chi connectivity index (χ4v) is 0.709. The van der Waals surface area contributed by atoms with Gasteiger partial charge in [-0.3, -0.25) is 0 Å². The lowest BCUT2D eigenvalue weighted by molar-refractivity contribution is 0.213. The number of nitrogens with zero attached hydrogens (tertiary/aromatic N) is 1. The van der Waals surface area contributed by atoms with Crippen molar-refractivity contribution in [3.63, 3.8) is 0 Å². The summed E-state index contributed by atoms with van der Waals surface area (Å²) in [5.41, 5.74) is 0. The first kappa shape index (κ1) is 6.24. The van der Waals surface area contributed by atoms with Gasteiger partial charge in [0.05, 0.1) is 11.2 Å². The van der Waals surface area contributed by atoms with Crippen LogP contribution in [0, 0.1) is 0 Å². The van der Waals surface area contributed by atoms with Gasteiger partial charge in [0.1, 0.15) is 6.20 Å². The second kappa shape index (κ2) is 1.82. The number of rotatable bonds is 1. The molecule has 1 rings (SSSR count). The largest absolute Gasteiger partial charge is 0.670 e. The van der Waals surface area contributed by atoms with Crippen molar-refractivity contribution < 1.29 is 16.6 Å². The van der Waals surface area contributed by atoms with Crippen LogP contribution in [0.25, 0.3) is 0 Å². The molecule has 0 saturated carbocycles. The molecule has 1 aromatic heterocycles. The molecule has 0 fully saturated rings. The van der Waals surface area contributed by atoms with Gasteiger partial charge in [0.2, 0.25) is 0 Å². The Hall–Kier alpha value is -0.880. The van der Waals surface area contributed by atoms with Crippen LogP contribution in [0.15, 0.2) is 22.1 Å². The van der Waals surface area contributed by atoms with Gasteiger partial charge in [-0.15, -0.1) is 0 Å². The van der Waals surface area contributed by atoms with Crippen LogP contribution in [0.2, 0.25) is 0 Å². The van der Waals surface area contributed by atoms with Crippen molar-refractivity contribution in [1.29, 1.82) is 0 Å². The molecular formula is C3H3NO4S. The van der Waals surface area contributed by atoms with Gasteiger partial charge in [-0.25, -0.2) is 0 Å². The summed E-state index contributed by atoms with van der Waals surface area (Å²) in [6.45, 7) is 0. The van der Waals surface area contributed by atoms with E-state index in [2.05, 4.69) is 5.16 Å². The van der Waals surface area contributed by atoms with E-state index in [0.29, 0.717) is 0 Å². The summed E-state index contributed by atoms with van der Waals surface area (Å²) in [5, 5.41) is 3.12. The van der Waals surface area contributed by atoms with Crippen molar-refractivity contribution in [2.45, 2.75) is 0 Å². The lowest BCUT2D eigenvalue weighted by Gasteiger charge is -1.96. The molecule has 0 spiro atoms. The van der Waals surface area contributed by atoms with Crippen LogP contribution in [0.3, 0.4) is 0 Å². The minimum Gasteiger partial charge on any atom is -0.670 e. The average Bonchev–Trinajstić information content (AvgIpc) is 2.08. The Kier molecular flexibility index (Phi) is 1.26. The fraction of sp³-hybridized carbons (Fsp3) is 0. The van der Waals surface area contributed by atoms with Crippen LogP contribution < -0.4 is 0 Å². The molecule has 0 N–H and O–H groups in total.